The van der Waals surface area contributed by atoms with Crippen LogP contribution in [-0.2, 0) is 9.59 Å². The number of benzene rings is 1. The summed E-state index contributed by atoms with van der Waals surface area (Å²) in [6, 6.07) is 8.62. The quantitative estimate of drug-likeness (QED) is 0.657. The number of nitriles is 1. The molecule has 2 amide bonds. The molecule has 0 fully saturated rings. The summed E-state index contributed by atoms with van der Waals surface area (Å²) < 4.78 is 5.05. The molecule has 7 heteroatoms. The highest BCUT2D eigenvalue weighted by atomic mass is 16.5. The summed E-state index contributed by atoms with van der Waals surface area (Å²) in [4.78, 5) is 23.6. The number of ether oxygens (including phenoxy) is 1. The highest BCUT2D eigenvalue weighted by molar-refractivity contribution is 6.03. The molecule has 0 aromatic heterocycles. The number of nitrogens with zero attached hydrogens (tertiary/aromatic N) is 1. The van der Waals surface area contributed by atoms with Gasteiger partial charge in [0.1, 0.15) is 17.5 Å². The van der Waals surface area contributed by atoms with Crippen molar-refractivity contribution < 1.29 is 14.3 Å². The molecular weight excluding hydrogens is 272 g/mol. The fourth-order valence-corrected chi connectivity index (χ4v) is 2.36. The minimum absolute atomic E-state index is 0.0548. The molecule has 1 aliphatic rings. The first-order chi connectivity index (χ1) is 9.99. The summed E-state index contributed by atoms with van der Waals surface area (Å²) >= 11 is 0. The minimum atomic E-state index is -1.18. The number of hydrogen-bond donors (Lipinski definition) is 3. The number of carbonyl (C=O) groups excluding carboxylic acids is 2. The summed E-state index contributed by atoms with van der Waals surface area (Å²) in [5.41, 5.74) is 11.7. The molecule has 0 aliphatic carbocycles. The fourth-order valence-electron chi connectivity index (χ4n) is 2.36. The normalized spacial score (nSPS) is 21.4. The number of methoxy groups -OCH3 is 1. The average Bonchev–Trinajstić information content (AvgIpc) is 2.46. The van der Waals surface area contributed by atoms with Gasteiger partial charge in [-0.15, -0.1) is 0 Å². The second-order valence-corrected chi connectivity index (χ2v) is 4.56. The Hall–Kier alpha value is -3.01. The van der Waals surface area contributed by atoms with Gasteiger partial charge in [-0.25, -0.2) is 0 Å². The van der Waals surface area contributed by atoms with Gasteiger partial charge in [-0.1, -0.05) is 12.1 Å². The van der Waals surface area contributed by atoms with Gasteiger partial charge in [-0.05, 0) is 17.7 Å². The summed E-state index contributed by atoms with van der Waals surface area (Å²) in [5.74, 6) is -2.84. The molecule has 2 unspecified atom stereocenters. The van der Waals surface area contributed by atoms with Crippen molar-refractivity contribution in [2.75, 3.05) is 7.11 Å². The Morgan fingerprint density at radius 3 is 2.48 bits per heavy atom. The molecule has 0 saturated carbocycles. The maximum absolute atomic E-state index is 12.0. The largest absolute Gasteiger partial charge is 0.497 e. The Bertz CT molecular complexity index is 658. The molecule has 1 aromatic carbocycles. The van der Waals surface area contributed by atoms with Crippen LogP contribution in [0.3, 0.4) is 0 Å². The van der Waals surface area contributed by atoms with E-state index in [0.717, 1.165) is 0 Å². The summed E-state index contributed by atoms with van der Waals surface area (Å²) in [7, 11) is 1.52. The number of allylic oxidation sites excluding steroid dienone is 1. The molecule has 108 valence electrons. The van der Waals surface area contributed by atoms with Crippen LogP contribution in [-0.4, -0.2) is 18.9 Å². The van der Waals surface area contributed by atoms with Gasteiger partial charge in [0.05, 0.1) is 18.8 Å². The third kappa shape index (κ3) is 2.51. The SMILES string of the molecule is COc1ccc(C2C(C#N)=C(N)NC(=O)C2C(N)=O)cc1. The average molecular weight is 286 g/mol. The van der Waals surface area contributed by atoms with Gasteiger partial charge in [0.15, 0.2) is 0 Å². The summed E-state index contributed by atoms with van der Waals surface area (Å²) in [5, 5.41) is 11.6. The molecule has 2 atom stereocenters. The lowest BCUT2D eigenvalue weighted by Gasteiger charge is -2.29. The van der Waals surface area contributed by atoms with Crippen LogP contribution in [0.1, 0.15) is 11.5 Å². The Kier molecular flexibility index (Phi) is 3.80. The van der Waals surface area contributed by atoms with Crippen molar-refractivity contribution in [3.8, 4) is 11.8 Å². The third-order valence-electron chi connectivity index (χ3n) is 3.38. The zero-order valence-corrected chi connectivity index (χ0v) is 11.3. The van der Waals surface area contributed by atoms with E-state index in [1.807, 2.05) is 6.07 Å². The van der Waals surface area contributed by atoms with E-state index in [9.17, 15) is 14.9 Å². The Morgan fingerprint density at radius 1 is 1.38 bits per heavy atom. The molecule has 21 heavy (non-hydrogen) atoms. The van der Waals surface area contributed by atoms with Crippen LogP contribution < -0.4 is 21.5 Å². The van der Waals surface area contributed by atoms with E-state index in [1.165, 1.54) is 7.11 Å². The van der Waals surface area contributed by atoms with Crippen molar-refractivity contribution in [3.05, 3.63) is 41.2 Å². The van der Waals surface area contributed by atoms with E-state index in [1.54, 1.807) is 24.3 Å². The molecule has 1 aliphatic heterocycles. The number of carbonyl (C=O) groups is 2. The van der Waals surface area contributed by atoms with Crippen molar-refractivity contribution in [1.82, 2.24) is 5.32 Å². The van der Waals surface area contributed by atoms with Gasteiger partial charge < -0.3 is 21.5 Å². The van der Waals surface area contributed by atoms with Gasteiger partial charge >= 0.3 is 0 Å². The standard InChI is InChI=1S/C14H14N4O3/c1-21-8-4-2-7(3-5-8)10-9(6-15)12(16)18-14(20)11(10)13(17)19/h2-5,10-11H,16H2,1H3,(H2,17,19)(H,18,20). The second kappa shape index (κ2) is 5.54. The molecular formula is C14H14N4O3. The first-order valence-corrected chi connectivity index (χ1v) is 6.13. The molecule has 0 bridgehead atoms. The van der Waals surface area contributed by atoms with Crippen LogP contribution in [0.5, 0.6) is 5.75 Å². The number of nitrogens with one attached hydrogen (secondary N) is 1. The van der Waals surface area contributed by atoms with Crippen LogP contribution >= 0.6 is 0 Å². The van der Waals surface area contributed by atoms with Crippen LogP contribution in [0.2, 0.25) is 0 Å². The van der Waals surface area contributed by atoms with E-state index >= 15 is 0 Å². The number of nitrogens with two attached hydrogens (primary N) is 2. The predicted molar refractivity (Wildman–Crippen MR) is 73.4 cm³/mol. The fraction of sp³-hybridized carbons (Fsp3) is 0.214. The zero-order chi connectivity index (χ0) is 15.6. The van der Waals surface area contributed by atoms with Gasteiger partial charge in [0.2, 0.25) is 11.8 Å². The van der Waals surface area contributed by atoms with Gasteiger partial charge in [0, 0.05) is 5.92 Å². The lowest BCUT2D eigenvalue weighted by molar-refractivity contribution is -0.134. The van der Waals surface area contributed by atoms with E-state index in [-0.39, 0.29) is 11.4 Å². The summed E-state index contributed by atoms with van der Waals surface area (Å²) in [6.07, 6.45) is 0. The van der Waals surface area contributed by atoms with Crippen molar-refractivity contribution in [3.63, 3.8) is 0 Å². The number of amides is 2. The van der Waals surface area contributed by atoms with Crippen molar-refractivity contribution in [1.29, 1.82) is 5.26 Å². The molecule has 5 N–H and O–H groups in total. The molecule has 1 heterocycles. The molecule has 2 rings (SSSR count). The Balaban J connectivity index is 2.56. The lowest BCUT2D eigenvalue weighted by Crippen LogP contribution is -2.48. The second-order valence-electron chi connectivity index (χ2n) is 4.56. The van der Waals surface area contributed by atoms with E-state index in [0.29, 0.717) is 11.3 Å². The molecule has 1 aromatic rings. The van der Waals surface area contributed by atoms with Crippen LogP contribution in [0.4, 0.5) is 0 Å². The number of rotatable bonds is 3. The van der Waals surface area contributed by atoms with Crippen LogP contribution in [0.25, 0.3) is 0 Å². The highest BCUT2D eigenvalue weighted by Crippen LogP contribution is 2.36. The molecule has 0 spiro atoms. The lowest BCUT2D eigenvalue weighted by atomic mass is 9.77. The smallest absolute Gasteiger partial charge is 0.239 e. The Morgan fingerprint density at radius 2 is 2.00 bits per heavy atom. The van der Waals surface area contributed by atoms with E-state index < -0.39 is 23.7 Å². The topological polar surface area (TPSA) is 131 Å². The first-order valence-electron chi connectivity index (χ1n) is 6.13. The van der Waals surface area contributed by atoms with E-state index in [2.05, 4.69) is 5.32 Å². The molecule has 0 saturated heterocycles. The highest BCUT2D eigenvalue weighted by Gasteiger charge is 2.41. The van der Waals surface area contributed by atoms with E-state index in [4.69, 9.17) is 16.2 Å². The van der Waals surface area contributed by atoms with Crippen LogP contribution in [0.15, 0.2) is 35.7 Å². The third-order valence-corrected chi connectivity index (χ3v) is 3.38. The van der Waals surface area contributed by atoms with Crippen molar-refractivity contribution in [2.24, 2.45) is 17.4 Å². The number of primary amides is 1. The minimum Gasteiger partial charge on any atom is -0.497 e. The van der Waals surface area contributed by atoms with Crippen molar-refractivity contribution in [2.45, 2.75) is 5.92 Å². The maximum Gasteiger partial charge on any atom is 0.239 e. The first kappa shape index (κ1) is 14.4. The molecule has 0 radical (unpaired) electrons. The van der Waals surface area contributed by atoms with Gasteiger partial charge in [-0.3, -0.25) is 9.59 Å². The monoisotopic (exact) mass is 286 g/mol. The zero-order valence-electron chi connectivity index (χ0n) is 11.3. The van der Waals surface area contributed by atoms with Crippen LogP contribution in [0, 0.1) is 17.2 Å². The molecule has 7 nitrogen and oxygen atoms in total. The maximum atomic E-state index is 12.0. The predicted octanol–water partition coefficient (Wildman–Crippen LogP) is -0.296. The number of hydrogen-bond acceptors (Lipinski definition) is 5. The van der Waals surface area contributed by atoms with Crippen molar-refractivity contribution >= 4 is 11.8 Å². The Labute approximate surface area is 121 Å². The van der Waals surface area contributed by atoms with Gasteiger partial charge in [0.25, 0.3) is 0 Å². The summed E-state index contributed by atoms with van der Waals surface area (Å²) in [6.45, 7) is 0. The van der Waals surface area contributed by atoms with Gasteiger partial charge in [-0.2, -0.15) is 5.26 Å².